The fourth-order valence-electron chi connectivity index (χ4n) is 1.78. The van der Waals surface area contributed by atoms with Crippen molar-refractivity contribution in [2.24, 2.45) is 12.5 Å². The lowest BCUT2D eigenvalue weighted by molar-refractivity contribution is 0.115. The minimum Gasteiger partial charge on any atom is -0.396 e. The van der Waals surface area contributed by atoms with E-state index < -0.39 is 0 Å². The molecule has 0 fully saturated rings. The fourth-order valence-corrected chi connectivity index (χ4v) is 1.78. The van der Waals surface area contributed by atoms with E-state index in [9.17, 15) is 5.11 Å². The van der Waals surface area contributed by atoms with Gasteiger partial charge in [0.2, 0.25) is 0 Å². The number of aliphatic hydroxyl groups is 1. The van der Waals surface area contributed by atoms with Gasteiger partial charge < -0.3 is 5.11 Å². The fraction of sp³-hybridized carbons (Fsp3) is 0.727. The summed E-state index contributed by atoms with van der Waals surface area (Å²) in [4.78, 5) is 0. The van der Waals surface area contributed by atoms with E-state index in [2.05, 4.69) is 18.9 Å². The molecule has 1 N–H and O–H groups in total. The number of aromatic nitrogens is 2. The van der Waals surface area contributed by atoms with E-state index in [1.807, 2.05) is 24.1 Å². The van der Waals surface area contributed by atoms with Crippen LogP contribution in [0.4, 0.5) is 0 Å². The molecular formula is C11H20N2O. The van der Waals surface area contributed by atoms with E-state index in [0.717, 1.165) is 19.3 Å². The van der Waals surface area contributed by atoms with Gasteiger partial charge in [0.1, 0.15) is 0 Å². The first-order valence-electron chi connectivity index (χ1n) is 5.24. The first-order valence-corrected chi connectivity index (χ1v) is 5.24. The molecule has 0 radical (unpaired) electrons. The summed E-state index contributed by atoms with van der Waals surface area (Å²) in [6.45, 7) is 4.53. The second kappa shape index (κ2) is 4.60. The molecule has 0 unspecified atom stereocenters. The topological polar surface area (TPSA) is 38.1 Å². The zero-order valence-electron chi connectivity index (χ0n) is 9.32. The van der Waals surface area contributed by atoms with Gasteiger partial charge >= 0.3 is 0 Å². The normalized spacial score (nSPS) is 12.0. The summed E-state index contributed by atoms with van der Waals surface area (Å²) in [5.74, 6) is 0. The lowest BCUT2D eigenvalue weighted by Gasteiger charge is -2.28. The Morgan fingerprint density at radius 1 is 1.43 bits per heavy atom. The highest BCUT2D eigenvalue weighted by Crippen LogP contribution is 2.29. The van der Waals surface area contributed by atoms with Gasteiger partial charge in [0.15, 0.2) is 0 Å². The van der Waals surface area contributed by atoms with E-state index in [-0.39, 0.29) is 12.0 Å². The van der Waals surface area contributed by atoms with Crippen molar-refractivity contribution in [2.75, 3.05) is 6.61 Å². The molecule has 1 aromatic heterocycles. The van der Waals surface area contributed by atoms with Crippen LogP contribution in [0.1, 0.15) is 32.3 Å². The molecule has 80 valence electrons. The zero-order chi connectivity index (χ0) is 10.6. The van der Waals surface area contributed by atoms with Gasteiger partial charge in [-0.2, -0.15) is 5.10 Å². The van der Waals surface area contributed by atoms with Crippen molar-refractivity contribution in [3.05, 3.63) is 18.0 Å². The highest BCUT2D eigenvalue weighted by Gasteiger charge is 2.25. The summed E-state index contributed by atoms with van der Waals surface area (Å²) in [5, 5.41) is 13.6. The molecule has 3 heteroatoms. The van der Waals surface area contributed by atoms with Gasteiger partial charge in [0.25, 0.3) is 0 Å². The molecule has 3 nitrogen and oxygen atoms in total. The van der Waals surface area contributed by atoms with Gasteiger partial charge in [-0.25, -0.2) is 0 Å². The Kier molecular flexibility index (Phi) is 3.69. The second-order valence-electron chi connectivity index (χ2n) is 4.06. The van der Waals surface area contributed by atoms with Crippen LogP contribution in [-0.2, 0) is 13.5 Å². The Balaban J connectivity index is 2.73. The molecule has 0 aliphatic rings. The number of aliphatic hydroxyl groups excluding tert-OH is 1. The van der Waals surface area contributed by atoms with Crippen LogP contribution in [0.5, 0.6) is 0 Å². The molecule has 0 aliphatic heterocycles. The molecule has 0 aliphatic carbocycles. The van der Waals surface area contributed by atoms with Gasteiger partial charge in [-0.1, -0.05) is 13.8 Å². The molecule has 0 saturated carbocycles. The van der Waals surface area contributed by atoms with Crippen molar-refractivity contribution >= 4 is 0 Å². The maximum atomic E-state index is 9.42. The maximum absolute atomic E-state index is 9.42. The molecule has 1 aromatic rings. The molecular weight excluding hydrogens is 176 g/mol. The van der Waals surface area contributed by atoms with Crippen LogP contribution in [0.25, 0.3) is 0 Å². The minimum atomic E-state index is 0.0447. The maximum Gasteiger partial charge on any atom is 0.0521 e. The van der Waals surface area contributed by atoms with Gasteiger partial charge in [-0.05, 0) is 30.2 Å². The Morgan fingerprint density at radius 2 is 2.07 bits per heavy atom. The molecule has 1 heterocycles. The Morgan fingerprint density at radius 3 is 2.43 bits per heavy atom. The summed E-state index contributed by atoms with van der Waals surface area (Å²) in [6.07, 6.45) is 6.85. The average molecular weight is 196 g/mol. The Labute approximate surface area is 85.8 Å². The summed E-state index contributed by atoms with van der Waals surface area (Å²) >= 11 is 0. The molecule has 0 atom stereocenters. The summed E-state index contributed by atoms with van der Waals surface area (Å²) in [5.41, 5.74) is 1.26. The van der Waals surface area contributed by atoms with E-state index in [0.29, 0.717) is 0 Å². The largest absolute Gasteiger partial charge is 0.396 e. The van der Waals surface area contributed by atoms with Crippen LogP contribution in [0.2, 0.25) is 0 Å². The number of hydrogen-bond donors (Lipinski definition) is 1. The number of rotatable bonds is 5. The molecule has 1 rings (SSSR count). The van der Waals surface area contributed by atoms with Crippen molar-refractivity contribution in [2.45, 2.75) is 33.1 Å². The van der Waals surface area contributed by atoms with Crippen LogP contribution < -0.4 is 0 Å². The average Bonchev–Trinajstić information content (AvgIpc) is 2.61. The third-order valence-electron chi connectivity index (χ3n) is 3.17. The predicted octanol–water partition coefficient (Wildman–Crippen LogP) is 1.76. The predicted molar refractivity (Wildman–Crippen MR) is 57.0 cm³/mol. The lowest BCUT2D eigenvalue weighted by atomic mass is 9.78. The van der Waals surface area contributed by atoms with E-state index in [4.69, 9.17) is 0 Å². The highest BCUT2D eigenvalue weighted by molar-refractivity contribution is 5.07. The minimum absolute atomic E-state index is 0.0447. The molecule has 14 heavy (non-hydrogen) atoms. The van der Waals surface area contributed by atoms with Gasteiger partial charge in [-0.3, -0.25) is 4.68 Å². The summed E-state index contributed by atoms with van der Waals surface area (Å²) < 4.78 is 1.81. The van der Waals surface area contributed by atoms with Gasteiger partial charge in [-0.15, -0.1) is 0 Å². The highest BCUT2D eigenvalue weighted by atomic mass is 16.3. The van der Waals surface area contributed by atoms with Crippen molar-refractivity contribution in [3.63, 3.8) is 0 Å². The van der Waals surface area contributed by atoms with Crippen LogP contribution >= 0.6 is 0 Å². The van der Waals surface area contributed by atoms with Crippen LogP contribution in [-0.4, -0.2) is 21.5 Å². The van der Waals surface area contributed by atoms with Crippen molar-refractivity contribution in [3.8, 4) is 0 Å². The Bertz CT molecular complexity index is 268. The van der Waals surface area contributed by atoms with Gasteiger partial charge in [0, 0.05) is 19.9 Å². The molecule has 0 aromatic carbocycles. The van der Waals surface area contributed by atoms with Crippen molar-refractivity contribution in [1.29, 1.82) is 0 Å². The second-order valence-corrected chi connectivity index (χ2v) is 4.06. The standard InChI is InChI=1S/C11H20N2O/c1-4-11(5-2,9-14)6-10-7-12-13(3)8-10/h7-8,14H,4-6,9H2,1-3H3. The summed E-state index contributed by atoms with van der Waals surface area (Å²) in [7, 11) is 1.92. The quantitative estimate of drug-likeness (QED) is 0.779. The molecule has 0 spiro atoms. The third kappa shape index (κ3) is 2.35. The first-order chi connectivity index (χ1) is 6.65. The van der Waals surface area contributed by atoms with Gasteiger partial charge in [0.05, 0.1) is 6.20 Å². The van der Waals surface area contributed by atoms with Crippen molar-refractivity contribution < 1.29 is 5.11 Å². The number of hydrogen-bond acceptors (Lipinski definition) is 2. The number of nitrogens with zero attached hydrogens (tertiary/aromatic N) is 2. The molecule has 0 bridgehead atoms. The third-order valence-corrected chi connectivity index (χ3v) is 3.17. The monoisotopic (exact) mass is 196 g/mol. The van der Waals surface area contributed by atoms with Crippen LogP contribution in [0.15, 0.2) is 12.4 Å². The first kappa shape index (κ1) is 11.2. The van der Waals surface area contributed by atoms with Crippen molar-refractivity contribution in [1.82, 2.24) is 9.78 Å². The molecule has 0 saturated heterocycles. The Hall–Kier alpha value is -0.830. The van der Waals surface area contributed by atoms with Crippen LogP contribution in [0, 0.1) is 5.41 Å². The number of aryl methyl sites for hydroxylation is 1. The van der Waals surface area contributed by atoms with E-state index >= 15 is 0 Å². The van der Waals surface area contributed by atoms with Crippen LogP contribution in [0.3, 0.4) is 0 Å². The zero-order valence-corrected chi connectivity index (χ0v) is 9.32. The SMILES string of the molecule is CCC(CC)(CO)Cc1cnn(C)c1. The molecule has 0 amide bonds. The lowest BCUT2D eigenvalue weighted by Crippen LogP contribution is -2.26. The smallest absolute Gasteiger partial charge is 0.0521 e. The van der Waals surface area contributed by atoms with E-state index in [1.54, 1.807) is 0 Å². The summed E-state index contributed by atoms with van der Waals surface area (Å²) in [6, 6.07) is 0. The van der Waals surface area contributed by atoms with E-state index in [1.165, 1.54) is 5.56 Å².